The van der Waals surface area contributed by atoms with Crippen LogP contribution >= 0.6 is 15.9 Å². The first-order chi connectivity index (χ1) is 13.4. The SMILES string of the molecule is BrC[C@H]1COCCN1C(c1ccccc1)(c1ccccc1)c1ccccc1. The zero-order chi connectivity index (χ0) is 18.5. The van der Waals surface area contributed by atoms with Gasteiger partial charge < -0.3 is 4.74 Å². The molecule has 0 saturated carbocycles. The second-order valence-electron chi connectivity index (χ2n) is 6.88. The van der Waals surface area contributed by atoms with Crippen LogP contribution in [0.4, 0.5) is 0 Å². The van der Waals surface area contributed by atoms with E-state index in [0.717, 1.165) is 25.1 Å². The Hall–Kier alpha value is -1.94. The molecule has 138 valence electrons. The van der Waals surface area contributed by atoms with Crippen molar-refractivity contribution in [3.63, 3.8) is 0 Å². The minimum absolute atomic E-state index is 0.291. The largest absolute Gasteiger partial charge is 0.378 e. The van der Waals surface area contributed by atoms with Crippen LogP contribution in [0.15, 0.2) is 91.0 Å². The maximum Gasteiger partial charge on any atom is 0.0977 e. The highest BCUT2D eigenvalue weighted by Crippen LogP contribution is 2.44. The quantitative estimate of drug-likeness (QED) is 0.420. The Morgan fingerprint density at radius 1 is 0.778 bits per heavy atom. The molecule has 0 aromatic heterocycles. The summed E-state index contributed by atoms with van der Waals surface area (Å²) in [6.07, 6.45) is 0. The summed E-state index contributed by atoms with van der Waals surface area (Å²) in [4.78, 5) is 2.62. The number of benzene rings is 3. The lowest BCUT2D eigenvalue weighted by Gasteiger charge is -2.50. The minimum atomic E-state index is -0.355. The molecule has 1 aliphatic rings. The van der Waals surface area contributed by atoms with Gasteiger partial charge in [0.1, 0.15) is 0 Å². The standard InChI is InChI=1S/C24H24BrNO/c25-18-23-19-27-17-16-26(23)24(20-10-4-1-5-11-20,21-12-6-2-7-13-21)22-14-8-3-9-15-22/h1-15,23H,16-19H2/t23-/m0/s1. The molecule has 3 aromatic carbocycles. The van der Waals surface area contributed by atoms with E-state index in [9.17, 15) is 0 Å². The fourth-order valence-electron chi connectivity index (χ4n) is 4.26. The molecule has 0 N–H and O–H groups in total. The molecule has 0 aliphatic carbocycles. The van der Waals surface area contributed by atoms with Gasteiger partial charge in [0.05, 0.1) is 18.8 Å². The number of hydrogen-bond donors (Lipinski definition) is 0. The Kier molecular flexibility index (Phi) is 5.72. The van der Waals surface area contributed by atoms with E-state index in [1.807, 2.05) is 0 Å². The lowest BCUT2D eigenvalue weighted by molar-refractivity contribution is -0.0343. The first kappa shape index (κ1) is 18.4. The van der Waals surface area contributed by atoms with Crippen LogP contribution in [0.1, 0.15) is 16.7 Å². The zero-order valence-corrected chi connectivity index (χ0v) is 16.9. The molecule has 1 saturated heterocycles. The van der Waals surface area contributed by atoms with Gasteiger partial charge in [-0.1, -0.05) is 107 Å². The van der Waals surface area contributed by atoms with Crippen LogP contribution in [0.3, 0.4) is 0 Å². The van der Waals surface area contributed by atoms with Crippen molar-refractivity contribution in [1.82, 2.24) is 4.90 Å². The monoisotopic (exact) mass is 421 g/mol. The molecule has 0 unspecified atom stereocenters. The zero-order valence-electron chi connectivity index (χ0n) is 15.3. The van der Waals surface area contributed by atoms with Gasteiger partial charge in [-0.15, -0.1) is 0 Å². The molecule has 1 atom stereocenters. The molecule has 0 amide bonds. The number of rotatable bonds is 5. The van der Waals surface area contributed by atoms with Gasteiger partial charge >= 0.3 is 0 Å². The molecule has 1 fully saturated rings. The highest BCUT2D eigenvalue weighted by molar-refractivity contribution is 9.09. The molecule has 0 bridgehead atoms. The molecule has 2 nitrogen and oxygen atoms in total. The Balaban J connectivity index is 2.03. The molecule has 3 heteroatoms. The van der Waals surface area contributed by atoms with Crippen molar-refractivity contribution in [2.45, 2.75) is 11.6 Å². The van der Waals surface area contributed by atoms with Gasteiger partial charge in [0, 0.05) is 17.9 Å². The summed E-state index contributed by atoms with van der Waals surface area (Å²) < 4.78 is 5.83. The van der Waals surface area contributed by atoms with Crippen molar-refractivity contribution in [2.75, 3.05) is 25.1 Å². The summed E-state index contributed by atoms with van der Waals surface area (Å²) in [5.74, 6) is 0. The van der Waals surface area contributed by atoms with Gasteiger partial charge in [-0.25, -0.2) is 0 Å². The summed E-state index contributed by atoms with van der Waals surface area (Å²) in [5.41, 5.74) is 3.51. The molecule has 3 aromatic rings. The van der Waals surface area contributed by atoms with E-state index in [1.54, 1.807) is 0 Å². The summed E-state index contributed by atoms with van der Waals surface area (Å²) >= 11 is 3.74. The summed E-state index contributed by atoms with van der Waals surface area (Å²) in [6, 6.07) is 32.9. The first-order valence-corrected chi connectivity index (χ1v) is 10.6. The highest BCUT2D eigenvalue weighted by atomic mass is 79.9. The van der Waals surface area contributed by atoms with E-state index >= 15 is 0 Å². The third kappa shape index (κ3) is 3.36. The average molecular weight is 422 g/mol. The predicted molar refractivity (Wildman–Crippen MR) is 114 cm³/mol. The molecule has 4 rings (SSSR count). The fraction of sp³-hybridized carbons (Fsp3) is 0.250. The Morgan fingerprint density at radius 2 is 1.22 bits per heavy atom. The lowest BCUT2D eigenvalue weighted by Crippen LogP contribution is -2.58. The van der Waals surface area contributed by atoms with Gasteiger partial charge in [0.2, 0.25) is 0 Å². The third-order valence-electron chi connectivity index (χ3n) is 5.41. The number of alkyl halides is 1. The lowest BCUT2D eigenvalue weighted by atomic mass is 9.74. The number of morpholine rings is 1. The normalized spacial score (nSPS) is 18.3. The van der Waals surface area contributed by atoms with Gasteiger partial charge in [-0.05, 0) is 16.7 Å². The molecule has 0 radical (unpaired) electrons. The number of hydrogen-bond acceptors (Lipinski definition) is 2. The van der Waals surface area contributed by atoms with Crippen molar-refractivity contribution in [1.29, 1.82) is 0 Å². The Bertz CT molecular complexity index is 741. The molecular formula is C24H24BrNO. The van der Waals surface area contributed by atoms with Crippen LogP contribution in [0.25, 0.3) is 0 Å². The molecule has 1 aliphatic heterocycles. The van der Waals surface area contributed by atoms with Crippen LogP contribution in [0.2, 0.25) is 0 Å². The number of halogens is 1. The minimum Gasteiger partial charge on any atom is -0.378 e. The van der Waals surface area contributed by atoms with E-state index in [1.165, 1.54) is 16.7 Å². The summed E-state index contributed by atoms with van der Waals surface area (Å²) in [5, 5.41) is 0.876. The van der Waals surface area contributed by atoms with Gasteiger partial charge in [0.25, 0.3) is 0 Å². The van der Waals surface area contributed by atoms with Crippen molar-refractivity contribution < 1.29 is 4.74 Å². The van der Waals surface area contributed by atoms with Gasteiger partial charge in [-0.2, -0.15) is 0 Å². The summed E-state index contributed by atoms with van der Waals surface area (Å²) in [7, 11) is 0. The Labute approximate surface area is 169 Å². The summed E-state index contributed by atoms with van der Waals surface area (Å²) in [6.45, 7) is 2.37. The smallest absolute Gasteiger partial charge is 0.0977 e. The maximum absolute atomic E-state index is 5.83. The van der Waals surface area contributed by atoms with Crippen molar-refractivity contribution in [2.24, 2.45) is 0 Å². The first-order valence-electron chi connectivity index (χ1n) is 9.44. The predicted octanol–water partition coefficient (Wildman–Crippen LogP) is 5.07. The van der Waals surface area contributed by atoms with E-state index in [2.05, 4.69) is 112 Å². The second kappa shape index (κ2) is 8.39. The van der Waals surface area contributed by atoms with Gasteiger partial charge in [0.15, 0.2) is 0 Å². The number of nitrogens with zero attached hydrogens (tertiary/aromatic N) is 1. The van der Waals surface area contributed by atoms with Crippen LogP contribution < -0.4 is 0 Å². The molecular weight excluding hydrogens is 398 g/mol. The second-order valence-corrected chi connectivity index (χ2v) is 7.53. The molecule has 0 spiro atoms. The topological polar surface area (TPSA) is 12.5 Å². The number of ether oxygens (including phenoxy) is 1. The van der Waals surface area contributed by atoms with E-state index in [4.69, 9.17) is 4.74 Å². The molecule has 1 heterocycles. The van der Waals surface area contributed by atoms with Crippen LogP contribution in [-0.2, 0) is 10.3 Å². The fourth-order valence-corrected chi connectivity index (χ4v) is 4.80. The van der Waals surface area contributed by atoms with Crippen molar-refractivity contribution >= 4 is 15.9 Å². The average Bonchev–Trinajstić information content (AvgIpc) is 2.77. The maximum atomic E-state index is 5.83. The van der Waals surface area contributed by atoms with Crippen LogP contribution in [-0.4, -0.2) is 36.0 Å². The van der Waals surface area contributed by atoms with Crippen molar-refractivity contribution in [3.8, 4) is 0 Å². The highest BCUT2D eigenvalue weighted by Gasteiger charge is 2.45. The van der Waals surface area contributed by atoms with Crippen LogP contribution in [0, 0.1) is 0 Å². The van der Waals surface area contributed by atoms with E-state index < -0.39 is 0 Å². The third-order valence-corrected chi connectivity index (χ3v) is 6.16. The van der Waals surface area contributed by atoms with Crippen molar-refractivity contribution in [3.05, 3.63) is 108 Å². The van der Waals surface area contributed by atoms with E-state index in [0.29, 0.717) is 6.04 Å². The Morgan fingerprint density at radius 3 is 1.63 bits per heavy atom. The van der Waals surface area contributed by atoms with Gasteiger partial charge in [-0.3, -0.25) is 4.90 Å². The van der Waals surface area contributed by atoms with E-state index in [-0.39, 0.29) is 5.54 Å². The molecule has 27 heavy (non-hydrogen) atoms. The van der Waals surface area contributed by atoms with Crippen LogP contribution in [0.5, 0.6) is 0 Å².